The van der Waals surface area contributed by atoms with Crippen LogP contribution in [0.2, 0.25) is 0 Å². The van der Waals surface area contributed by atoms with Gasteiger partial charge in [-0.1, -0.05) is 0 Å². The van der Waals surface area contributed by atoms with Gasteiger partial charge in [0.15, 0.2) is 0 Å². The molecule has 1 aromatic carbocycles. The van der Waals surface area contributed by atoms with Crippen molar-refractivity contribution in [1.82, 2.24) is 10.2 Å². The molecule has 0 saturated carbocycles. The van der Waals surface area contributed by atoms with Crippen molar-refractivity contribution in [2.75, 3.05) is 11.9 Å². The molecule has 1 amide bonds. The molecular formula is C14H16N4O2. The monoisotopic (exact) mass is 272 g/mol. The van der Waals surface area contributed by atoms with E-state index in [9.17, 15) is 4.79 Å². The van der Waals surface area contributed by atoms with Crippen molar-refractivity contribution < 1.29 is 9.53 Å². The van der Waals surface area contributed by atoms with Gasteiger partial charge in [0.25, 0.3) is 0 Å². The van der Waals surface area contributed by atoms with Gasteiger partial charge in [0.2, 0.25) is 5.91 Å². The highest BCUT2D eigenvalue weighted by Gasteiger charge is 2.17. The molecular weight excluding hydrogens is 256 g/mol. The maximum Gasteiger partial charge on any atom is 0.227 e. The average Bonchev–Trinajstić information content (AvgIpc) is 2.70. The van der Waals surface area contributed by atoms with Gasteiger partial charge in [-0.25, -0.2) is 0 Å². The molecule has 6 heteroatoms. The van der Waals surface area contributed by atoms with E-state index < -0.39 is 0 Å². The lowest BCUT2D eigenvalue weighted by atomic mass is 10.1. The van der Waals surface area contributed by atoms with Gasteiger partial charge in [0, 0.05) is 23.4 Å². The number of nitrogens with zero attached hydrogens (tertiary/aromatic N) is 1. The molecule has 0 unspecified atom stereocenters. The number of hydrogen-bond acceptors (Lipinski definition) is 4. The van der Waals surface area contributed by atoms with Crippen LogP contribution in [0, 0.1) is 6.92 Å². The van der Waals surface area contributed by atoms with Gasteiger partial charge >= 0.3 is 0 Å². The molecule has 3 rings (SSSR count). The van der Waals surface area contributed by atoms with Gasteiger partial charge < -0.3 is 15.8 Å². The molecule has 6 nitrogen and oxygen atoms in total. The van der Waals surface area contributed by atoms with E-state index >= 15 is 0 Å². The van der Waals surface area contributed by atoms with Crippen LogP contribution in [0.1, 0.15) is 17.7 Å². The predicted octanol–water partition coefficient (Wildman–Crippen LogP) is 1.56. The minimum absolute atomic E-state index is 0.0434. The first kappa shape index (κ1) is 12.7. The molecule has 4 N–H and O–H groups in total. The molecule has 1 aromatic heterocycles. The molecule has 2 heterocycles. The number of nitrogens with two attached hydrogens (primary N) is 1. The summed E-state index contributed by atoms with van der Waals surface area (Å²) in [5.74, 6) is 0.638. The first-order valence-corrected chi connectivity index (χ1v) is 6.50. The van der Waals surface area contributed by atoms with Crippen LogP contribution >= 0.6 is 0 Å². The summed E-state index contributed by atoms with van der Waals surface area (Å²) in [7, 11) is 0. The number of fused-ring (bicyclic) bond motifs is 1. The van der Waals surface area contributed by atoms with Crippen molar-refractivity contribution in [3.8, 4) is 17.0 Å². The fourth-order valence-corrected chi connectivity index (χ4v) is 2.31. The van der Waals surface area contributed by atoms with Crippen LogP contribution in [-0.4, -0.2) is 22.7 Å². The quantitative estimate of drug-likeness (QED) is 0.773. The van der Waals surface area contributed by atoms with E-state index in [0.29, 0.717) is 31.0 Å². The van der Waals surface area contributed by atoms with E-state index in [2.05, 4.69) is 15.5 Å². The number of aromatic amines is 1. The minimum atomic E-state index is -0.0434. The van der Waals surface area contributed by atoms with Crippen molar-refractivity contribution >= 4 is 11.6 Å². The van der Waals surface area contributed by atoms with Gasteiger partial charge in [-0.2, -0.15) is 5.10 Å². The van der Waals surface area contributed by atoms with E-state index in [1.807, 2.05) is 25.1 Å². The van der Waals surface area contributed by atoms with Crippen LogP contribution < -0.4 is 15.8 Å². The Morgan fingerprint density at radius 2 is 2.30 bits per heavy atom. The fourth-order valence-electron chi connectivity index (χ4n) is 2.31. The van der Waals surface area contributed by atoms with Gasteiger partial charge in [0.05, 0.1) is 24.4 Å². The van der Waals surface area contributed by atoms with Crippen LogP contribution in [0.3, 0.4) is 0 Å². The number of rotatable bonds is 2. The second kappa shape index (κ2) is 4.97. The Morgan fingerprint density at radius 1 is 1.45 bits per heavy atom. The predicted molar refractivity (Wildman–Crippen MR) is 75.4 cm³/mol. The van der Waals surface area contributed by atoms with E-state index in [-0.39, 0.29) is 5.91 Å². The van der Waals surface area contributed by atoms with Crippen LogP contribution in [0.15, 0.2) is 18.2 Å². The number of nitrogens with one attached hydrogen (secondary N) is 2. The van der Waals surface area contributed by atoms with E-state index in [1.165, 1.54) is 0 Å². The Kier molecular flexibility index (Phi) is 3.15. The Morgan fingerprint density at radius 3 is 3.10 bits per heavy atom. The van der Waals surface area contributed by atoms with Crippen molar-refractivity contribution in [3.63, 3.8) is 0 Å². The normalized spacial score (nSPS) is 14.2. The molecule has 104 valence electrons. The number of aryl methyl sites for hydroxylation is 1. The maximum atomic E-state index is 11.6. The number of hydrogen-bond donors (Lipinski definition) is 3. The number of ether oxygens (including phenoxy) is 1. The summed E-state index contributed by atoms with van der Waals surface area (Å²) in [6.45, 7) is 2.75. The molecule has 0 atom stereocenters. The standard InChI is InChI=1S/C14H16N4O2/c1-8-10(7-15)14(18-17-8)9-2-3-12-11(6-9)16-13(19)4-5-20-12/h2-3,6H,4-5,7,15H2,1H3,(H,16,19)(H,17,18). The second-order valence-corrected chi connectivity index (χ2v) is 4.74. The number of benzene rings is 1. The summed E-state index contributed by atoms with van der Waals surface area (Å²) in [6.07, 6.45) is 0.361. The van der Waals surface area contributed by atoms with Crippen molar-refractivity contribution in [1.29, 1.82) is 0 Å². The van der Waals surface area contributed by atoms with Crippen molar-refractivity contribution in [2.45, 2.75) is 19.9 Å². The Hall–Kier alpha value is -2.34. The van der Waals surface area contributed by atoms with Crippen molar-refractivity contribution in [2.24, 2.45) is 5.73 Å². The van der Waals surface area contributed by atoms with Crippen molar-refractivity contribution in [3.05, 3.63) is 29.5 Å². The number of amides is 1. The summed E-state index contributed by atoms with van der Waals surface area (Å²) in [5.41, 5.74) is 10.1. The molecule has 0 spiro atoms. The summed E-state index contributed by atoms with van der Waals surface area (Å²) in [5, 5.41) is 10.1. The lowest BCUT2D eigenvalue weighted by Gasteiger charge is -2.09. The third-order valence-corrected chi connectivity index (χ3v) is 3.39. The molecule has 0 radical (unpaired) electrons. The van der Waals surface area contributed by atoms with Crippen LogP contribution in [0.5, 0.6) is 5.75 Å². The SMILES string of the molecule is Cc1[nH]nc(-c2ccc3c(c2)NC(=O)CCO3)c1CN. The van der Waals surface area contributed by atoms with Gasteiger partial charge in [-0.15, -0.1) is 0 Å². The molecule has 0 saturated heterocycles. The molecule has 2 aromatic rings. The zero-order valence-electron chi connectivity index (χ0n) is 11.2. The topological polar surface area (TPSA) is 93.0 Å². The van der Waals surface area contributed by atoms with E-state index in [1.54, 1.807) is 0 Å². The summed E-state index contributed by atoms with van der Waals surface area (Å²) in [4.78, 5) is 11.6. The third kappa shape index (κ3) is 2.14. The zero-order valence-corrected chi connectivity index (χ0v) is 11.2. The number of H-pyrrole nitrogens is 1. The first-order valence-electron chi connectivity index (χ1n) is 6.50. The largest absolute Gasteiger partial charge is 0.491 e. The smallest absolute Gasteiger partial charge is 0.227 e. The summed E-state index contributed by atoms with van der Waals surface area (Å²) in [6, 6.07) is 5.64. The summed E-state index contributed by atoms with van der Waals surface area (Å²) < 4.78 is 5.54. The van der Waals surface area contributed by atoms with E-state index in [4.69, 9.17) is 10.5 Å². The number of aromatic nitrogens is 2. The Bertz CT molecular complexity index is 663. The van der Waals surface area contributed by atoms with Gasteiger partial charge in [-0.3, -0.25) is 9.89 Å². The van der Waals surface area contributed by atoms with Crippen LogP contribution in [0.4, 0.5) is 5.69 Å². The number of carbonyl (C=O) groups excluding carboxylic acids is 1. The zero-order chi connectivity index (χ0) is 14.1. The summed E-state index contributed by atoms with van der Waals surface area (Å²) >= 11 is 0. The maximum absolute atomic E-state index is 11.6. The highest BCUT2D eigenvalue weighted by Crippen LogP contribution is 2.33. The lowest BCUT2D eigenvalue weighted by molar-refractivity contribution is -0.116. The van der Waals surface area contributed by atoms with Crippen LogP contribution in [-0.2, 0) is 11.3 Å². The average molecular weight is 272 g/mol. The molecule has 0 fully saturated rings. The Labute approximate surface area is 116 Å². The van der Waals surface area contributed by atoms with E-state index in [0.717, 1.165) is 22.5 Å². The Balaban J connectivity index is 2.05. The molecule has 0 bridgehead atoms. The molecule has 1 aliphatic heterocycles. The van der Waals surface area contributed by atoms with Gasteiger partial charge in [0.1, 0.15) is 5.75 Å². The highest BCUT2D eigenvalue weighted by atomic mass is 16.5. The number of anilines is 1. The highest BCUT2D eigenvalue weighted by molar-refractivity contribution is 5.94. The first-order chi connectivity index (χ1) is 9.69. The second-order valence-electron chi connectivity index (χ2n) is 4.74. The third-order valence-electron chi connectivity index (χ3n) is 3.39. The molecule has 0 aliphatic carbocycles. The molecule has 1 aliphatic rings. The fraction of sp³-hybridized carbons (Fsp3) is 0.286. The van der Waals surface area contributed by atoms with Crippen LogP contribution in [0.25, 0.3) is 11.3 Å². The molecule has 20 heavy (non-hydrogen) atoms. The lowest BCUT2D eigenvalue weighted by Crippen LogP contribution is -2.10. The number of carbonyl (C=O) groups is 1. The van der Waals surface area contributed by atoms with Gasteiger partial charge in [-0.05, 0) is 25.1 Å². The minimum Gasteiger partial charge on any atom is -0.491 e.